The SMILES string of the molecule is Cc1cc(C)nc(SCc2cc(F)cc(B(O)O)c2)c1. The zero-order valence-corrected chi connectivity index (χ0v) is 12.1. The van der Waals surface area contributed by atoms with Crippen molar-refractivity contribution in [2.75, 3.05) is 0 Å². The summed E-state index contributed by atoms with van der Waals surface area (Å²) in [5.41, 5.74) is 2.93. The number of benzene rings is 1. The highest BCUT2D eigenvalue weighted by Crippen LogP contribution is 2.22. The minimum atomic E-state index is -1.66. The van der Waals surface area contributed by atoms with Gasteiger partial charge in [0.1, 0.15) is 5.82 Å². The van der Waals surface area contributed by atoms with Crippen LogP contribution in [-0.2, 0) is 5.75 Å². The molecule has 0 spiro atoms. The maximum absolute atomic E-state index is 13.4. The highest BCUT2D eigenvalue weighted by molar-refractivity contribution is 7.98. The number of hydrogen-bond donors (Lipinski definition) is 2. The predicted octanol–water partition coefficient (Wildman–Crippen LogP) is 1.81. The quantitative estimate of drug-likeness (QED) is 0.666. The Bertz CT molecular complexity index is 602. The second kappa shape index (κ2) is 6.39. The minimum absolute atomic E-state index is 0.161. The number of aromatic nitrogens is 1. The molecule has 0 amide bonds. The Labute approximate surface area is 122 Å². The molecule has 0 aliphatic carbocycles. The fraction of sp³-hybridized carbons (Fsp3) is 0.214. The third-order valence-electron chi connectivity index (χ3n) is 2.74. The van der Waals surface area contributed by atoms with Gasteiger partial charge < -0.3 is 10.0 Å². The van der Waals surface area contributed by atoms with Gasteiger partial charge in [0.25, 0.3) is 0 Å². The summed E-state index contributed by atoms with van der Waals surface area (Å²) in [5.74, 6) is 0.0486. The number of hydrogen-bond acceptors (Lipinski definition) is 4. The van der Waals surface area contributed by atoms with E-state index in [-0.39, 0.29) is 5.46 Å². The Morgan fingerprint density at radius 3 is 2.55 bits per heavy atom. The summed E-state index contributed by atoms with van der Waals surface area (Å²) in [7, 11) is -1.66. The third-order valence-corrected chi connectivity index (χ3v) is 3.72. The number of rotatable bonds is 4. The van der Waals surface area contributed by atoms with Crippen LogP contribution in [0, 0.1) is 19.7 Å². The summed E-state index contributed by atoms with van der Waals surface area (Å²) in [6.07, 6.45) is 0. The van der Waals surface area contributed by atoms with Gasteiger partial charge >= 0.3 is 7.12 Å². The van der Waals surface area contributed by atoms with E-state index in [4.69, 9.17) is 10.0 Å². The van der Waals surface area contributed by atoms with Gasteiger partial charge in [-0.15, -0.1) is 11.8 Å². The van der Waals surface area contributed by atoms with Gasteiger partial charge in [0.05, 0.1) is 5.03 Å². The second-order valence-corrected chi connectivity index (χ2v) is 5.67. The molecule has 1 aromatic carbocycles. The molecule has 0 saturated carbocycles. The molecular weight excluding hydrogens is 276 g/mol. The van der Waals surface area contributed by atoms with Crippen molar-refractivity contribution in [2.45, 2.75) is 24.6 Å². The van der Waals surface area contributed by atoms with Crippen molar-refractivity contribution in [3.63, 3.8) is 0 Å². The van der Waals surface area contributed by atoms with Gasteiger partial charge in [-0.05, 0) is 54.7 Å². The molecule has 0 bridgehead atoms. The van der Waals surface area contributed by atoms with Crippen LogP contribution >= 0.6 is 11.8 Å². The Morgan fingerprint density at radius 2 is 1.90 bits per heavy atom. The number of pyridine rings is 1. The molecule has 3 nitrogen and oxygen atoms in total. The lowest BCUT2D eigenvalue weighted by Crippen LogP contribution is -2.30. The highest BCUT2D eigenvalue weighted by atomic mass is 32.2. The zero-order valence-electron chi connectivity index (χ0n) is 11.3. The van der Waals surface area contributed by atoms with Crippen LogP contribution < -0.4 is 5.46 Å². The van der Waals surface area contributed by atoms with E-state index >= 15 is 0 Å². The molecule has 2 rings (SSSR count). The normalized spacial score (nSPS) is 10.7. The molecule has 0 saturated heterocycles. The lowest BCUT2D eigenvalue weighted by molar-refractivity contribution is 0.425. The topological polar surface area (TPSA) is 53.4 Å². The molecule has 6 heteroatoms. The van der Waals surface area contributed by atoms with Gasteiger partial charge in [-0.1, -0.05) is 6.07 Å². The molecule has 20 heavy (non-hydrogen) atoms. The van der Waals surface area contributed by atoms with Gasteiger partial charge in [0.2, 0.25) is 0 Å². The maximum atomic E-state index is 13.4. The Hall–Kier alpha value is -1.37. The lowest BCUT2D eigenvalue weighted by atomic mass is 9.79. The van der Waals surface area contributed by atoms with E-state index in [1.54, 1.807) is 6.07 Å². The average molecular weight is 291 g/mol. The summed E-state index contributed by atoms with van der Waals surface area (Å²) in [4.78, 5) is 4.40. The van der Waals surface area contributed by atoms with Crippen molar-refractivity contribution >= 4 is 24.3 Å². The van der Waals surface area contributed by atoms with Gasteiger partial charge in [-0.3, -0.25) is 0 Å². The smallest absolute Gasteiger partial charge is 0.423 e. The minimum Gasteiger partial charge on any atom is -0.423 e. The van der Waals surface area contributed by atoms with Crippen molar-refractivity contribution in [2.24, 2.45) is 0 Å². The molecule has 104 valence electrons. The Balaban J connectivity index is 2.14. The van der Waals surface area contributed by atoms with E-state index < -0.39 is 12.9 Å². The number of nitrogens with zero attached hydrogens (tertiary/aromatic N) is 1. The summed E-state index contributed by atoms with van der Waals surface area (Å²) < 4.78 is 13.4. The molecule has 0 atom stereocenters. The Kier molecular flexibility index (Phi) is 4.80. The van der Waals surface area contributed by atoms with E-state index in [0.29, 0.717) is 11.3 Å². The van der Waals surface area contributed by atoms with Crippen LogP contribution in [0.5, 0.6) is 0 Å². The molecular formula is C14H15BFNO2S. The van der Waals surface area contributed by atoms with E-state index in [1.807, 2.05) is 26.0 Å². The molecule has 0 fully saturated rings. The standard InChI is InChI=1S/C14H15BFNO2S/c1-9-3-10(2)17-14(4-9)20-8-11-5-12(15(18)19)7-13(16)6-11/h3-7,18-19H,8H2,1-2H3. The average Bonchev–Trinajstić information content (AvgIpc) is 2.34. The van der Waals surface area contributed by atoms with Gasteiger partial charge in [0, 0.05) is 11.4 Å². The van der Waals surface area contributed by atoms with Crippen LogP contribution in [0.25, 0.3) is 0 Å². The van der Waals surface area contributed by atoms with Crippen LogP contribution in [0.15, 0.2) is 35.4 Å². The van der Waals surface area contributed by atoms with Crippen molar-refractivity contribution < 1.29 is 14.4 Å². The summed E-state index contributed by atoms with van der Waals surface area (Å²) in [6.45, 7) is 3.93. The summed E-state index contributed by atoms with van der Waals surface area (Å²) in [6, 6.07) is 8.06. The highest BCUT2D eigenvalue weighted by Gasteiger charge is 2.13. The molecule has 0 unspecified atom stereocenters. The van der Waals surface area contributed by atoms with Gasteiger partial charge in [-0.25, -0.2) is 9.37 Å². The lowest BCUT2D eigenvalue weighted by Gasteiger charge is -2.07. The van der Waals surface area contributed by atoms with Gasteiger partial charge in [-0.2, -0.15) is 0 Å². The van der Waals surface area contributed by atoms with Crippen LogP contribution in [-0.4, -0.2) is 22.2 Å². The van der Waals surface area contributed by atoms with E-state index in [9.17, 15) is 4.39 Å². The number of thioether (sulfide) groups is 1. The number of aryl methyl sites for hydroxylation is 2. The van der Waals surface area contributed by atoms with E-state index in [2.05, 4.69) is 4.98 Å². The first-order valence-corrected chi connectivity index (χ1v) is 7.16. The van der Waals surface area contributed by atoms with Crippen LogP contribution in [0.1, 0.15) is 16.8 Å². The molecule has 2 N–H and O–H groups in total. The Morgan fingerprint density at radius 1 is 1.15 bits per heavy atom. The first-order chi connectivity index (χ1) is 9.44. The largest absolute Gasteiger partial charge is 0.488 e. The molecule has 1 heterocycles. The van der Waals surface area contributed by atoms with Crippen molar-refractivity contribution in [3.8, 4) is 0 Å². The second-order valence-electron chi connectivity index (χ2n) is 4.68. The van der Waals surface area contributed by atoms with Crippen molar-refractivity contribution in [1.82, 2.24) is 4.98 Å². The molecule has 0 radical (unpaired) electrons. The van der Waals surface area contributed by atoms with Crippen LogP contribution in [0.4, 0.5) is 4.39 Å². The molecule has 1 aromatic heterocycles. The number of halogens is 1. The van der Waals surface area contributed by atoms with Crippen molar-refractivity contribution in [1.29, 1.82) is 0 Å². The van der Waals surface area contributed by atoms with Gasteiger partial charge in [0.15, 0.2) is 0 Å². The first-order valence-electron chi connectivity index (χ1n) is 6.17. The first kappa shape index (κ1) is 15.0. The van der Waals surface area contributed by atoms with Crippen LogP contribution in [0.2, 0.25) is 0 Å². The third kappa shape index (κ3) is 4.06. The summed E-state index contributed by atoms with van der Waals surface area (Å²) in [5, 5.41) is 19.1. The maximum Gasteiger partial charge on any atom is 0.488 e. The van der Waals surface area contributed by atoms with Crippen LogP contribution in [0.3, 0.4) is 0 Å². The van der Waals surface area contributed by atoms with E-state index in [1.165, 1.54) is 17.8 Å². The molecule has 2 aromatic rings. The molecule has 0 aliphatic heterocycles. The molecule has 0 aliphatic rings. The van der Waals surface area contributed by atoms with Crippen molar-refractivity contribution in [3.05, 3.63) is 53.0 Å². The zero-order chi connectivity index (χ0) is 14.7. The monoisotopic (exact) mass is 291 g/mol. The summed E-state index contributed by atoms with van der Waals surface area (Å²) >= 11 is 1.49. The van der Waals surface area contributed by atoms with E-state index in [0.717, 1.165) is 22.3 Å². The predicted molar refractivity (Wildman–Crippen MR) is 79.5 cm³/mol. The fourth-order valence-corrected chi connectivity index (χ4v) is 2.90. The fourth-order valence-electron chi connectivity index (χ4n) is 1.94.